The lowest BCUT2D eigenvalue weighted by Crippen LogP contribution is -2.57. The van der Waals surface area contributed by atoms with E-state index in [1.165, 1.54) is 22.0 Å². The highest BCUT2D eigenvalue weighted by molar-refractivity contribution is 6.31. The SMILES string of the molecule is CC(C)(C)CC(=O)NN1C(=O)[C@H](N(C(N)=O)c2cccc(Cl)c2)C[C@H](c2ccccc2)CC1c1cccc(F)c1. The summed E-state index contributed by atoms with van der Waals surface area (Å²) in [5.41, 5.74) is 10.2. The topological polar surface area (TPSA) is 95.7 Å². The zero-order chi connectivity index (χ0) is 29.0. The number of urea groups is 1. The molecule has 7 nitrogen and oxygen atoms in total. The van der Waals surface area contributed by atoms with Gasteiger partial charge in [0.15, 0.2) is 0 Å². The molecule has 1 saturated heterocycles. The van der Waals surface area contributed by atoms with Gasteiger partial charge in [-0.3, -0.25) is 19.9 Å². The van der Waals surface area contributed by atoms with E-state index < -0.39 is 29.8 Å². The van der Waals surface area contributed by atoms with Gasteiger partial charge < -0.3 is 5.73 Å². The van der Waals surface area contributed by atoms with Gasteiger partial charge in [-0.25, -0.2) is 14.2 Å². The highest BCUT2D eigenvalue weighted by Crippen LogP contribution is 2.41. The zero-order valence-corrected chi connectivity index (χ0v) is 23.6. The first-order valence-corrected chi connectivity index (χ1v) is 13.6. The third-order valence-corrected chi connectivity index (χ3v) is 7.16. The van der Waals surface area contributed by atoms with Gasteiger partial charge in [0, 0.05) is 17.1 Å². The predicted octanol–water partition coefficient (Wildman–Crippen LogP) is 6.35. The van der Waals surface area contributed by atoms with Crippen molar-refractivity contribution in [2.24, 2.45) is 11.1 Å². The smallest absolute Gasteiger partial charge is 0.320 e. The maximum atomic E-state index is 14.5. The van der Waals surface area contributed by atoms with Crippen LogP contribution in [0.25, 0.3) is 0 Å². The Balaban J connectivity index is 1.87. The number of carbonyl (C=O) groups excluding carboxylic acids is 3. The van der Waals surface area contributed by atoms with Crippen molar-refractivity contribution in [1.29, 1.82) is 0 Å². The summed E-state index contributed by atoms with van der Waals surface area (Å²) in [6.07, 6.45) is 0.733. The lowest BCUT2D eigenvalue weighted by Gasteiger charge is -2.35. The van der Waals surface area contributed by atoms with Gasteiger partial charge in [-0.1, -0.05) is 80.9 Å². The van der Waals surface area contributed by atoms with Crippen LogP contribution in [-0.2, 0) is 9.59 Å². The van der Waals surface area contributed by atoms with E-state index in [4.69, 9.17) is 17.3 Å². The molecule has 1 aliphatic rings. The minimum absolute atomic E-state index is 0.146. The summed E-state index contributed by atoms with van der Waals surface area (Å²) in [6, 6.07) is 19.5. The van der Waals surface area contributed by atoms with Crippen LogP contribution in [0.5, 0.6) is 0 Å². The van der Waals surface area contributed by atoms with E-state index in [1.807, 2.05) is 51.1 Å². The van der Waals surface area contributed by atoms with Crippen LogP contribution in [0.3, 0.4) is 0 Å². The fourth-order valence-corrected chi connectivity index (χ4v) is 5.43. The van der Waals surface area contributed by atoms with Crippen molar-refractivity contribution in [1.82, 2.24) is 10.4 Å². The molecule has 9 heteroatoms. The number of hydrogen-bond acceptors (Lipinski definition) is 3. The largest absolute Gasteiger partial charge is 0.351 e. The Kier molecular flexibility index (Phi) is 8.79. The van der Waals surface area contributed by atoms with Gasteiger partial charge in [0.25, 0.3) is 5.91 Å². The fraction of sp³-hybridized carbons (Fsp3) is 0.323. The maximum absolute atomic E-state index is 14.5. The second kappa shape index (κ2) is 12.1. The van der Waals surface area contributed by atoms with Gasteiger partial charge in [0.2, 0.25) is 5.91 Å². The Morgan fingerprint density at radius 2 is 1.68 bits per heavy atom. The number of nitrogens with zero attached hydrogens (tertiary/aromatic N) is 2. The number of amides is 4. The number of carbonyl (C=O) groups is 3. The number of benzene rings is 3. The average Bonchev–Trinajstić information content (AvgIpc) is 3.01. The average molecular weight is 565 g/mol. The van der Waals surface area contributed by atoms with Crippen LogP contribution in [0, 0.1) is 11.2 Å². The summed E-state index contributed by atoms with van der Waals surface area (Å²) in [5, 5.41) is 1.63. The minimum Gasteiger partial charge on any atom is -0.351 e. The molecular formula is C31H34ClFN4O3. The number of halogens is 2. The van der Waals surface area contributed by atoms with Crippen molar-refractivity contribution in [2.75, 3.05) is 4.90 Å². The number of anilines is 1. The molecule has 3 aromatic rings. The van der Waals surface area contributed by atoms with Crippen LogP contribution in [0.15, 0.2) is 78.9 Å². The maximum Gasteiger partial charge on any atom is 0.320 e. The number of rotatable bonds is 6. The highest BCUT2D eigenvalue weighted by Gasteiger charge is 2.43. The van der Waals surface area contributed by atoms with Crippen LogP contribution < -0.4 is 16.1 Å². The molecule has 0 aliphatic carbocycles. The van der Waals surface area contributed by atoms with E-state index in [1.54, 1.807) is 36.4 Å². The summed E-state index contributed by atoms with van der Waals surface area (Å²) in [6.45, 7) is 5.76. The lowest BCUT2D eigenvalue weighted by molar-refractivity contribution is -0.145. The monoisotopic (exact) mass is 564 g/mol. The molecular weight excluding hydrogens is 531 g/mol. The van der Waals surface area contributed by atoms with E-state index in [-0.39, 0.29) is 30.1 Å². The number of nitrogens with two attached hydrogens (primary N) is 1. The molecule has 4 rings (SSSR count). The van der Waals surface area contributed by atoms with E-state index in [2.05, 4.69) is 5.43 Å². The van der Waals surface area contributed by atoms with Crippen molar-refractivity contribution in [3.63, 3.8) is 0 Å². The Hall–Kier alpha value is -3.91. The van der Waals surface area contributed by atoms with Crippen molar-refractivity contribution >= 4 is 35.1 Å². The van der Waals surface area contributed by atoms with Crippen LogP contribution in [-0.4, -0.2) is 28.9 Å². The molecule has 0 bridgehead atoms. The lowest BCUT2D eigenvalue weighted by atomic mass is 9.86. The predicted molar refractivity (Wildman–Crippen MR) is 154 cm³/mol. The quantitative estimate of drug-likeness (QED) is 0.365. The van der Waals surface area contributed by atoms with Crippen molar-refractivity contribution in [3.8, 4) is 0 Å². The molecule has 1 heterocycles. The van der Waals surface area contributed by atoms with Crippen LogP contribution in [0.2, 0.25) is 5.02 Å². The first kappa shape index (κ1) is 29.1. The number of primary amides is 1. The van der Waals surface area contributed by atoms with Crippen LogP contribution in [0.4, 0.5) is 14.9 Å². The first-order valence-electron chi connectivity index (χ1n) is 13.2. The summed E-state index contributed by atoms with van der Waals surface area (Å²) >= 11 is 6.24. The Morgan fingerprint density at radius 1 is 1.00 bits per heavy atom. The standard InChI is InChI=1S/C31H34ClFN4O3/c1-31(2,3)19-28(38)35-37-26(21-11-7-13-24(33)15-21)16-22(20-9-5-4-6-10-20)17-27(29(37)39)36(30(34)40)25-14-8-12-23(32)18-25/h4-15,18,22,26-27H,16-17,19H2,1-3H3,(H2,34,40)(H,35,38)/t22-,26?,27-/m1/s1. The zero-order valence-electron chi connectivity index (χ0n) is 22.8. The van der Waals surface area contributed by atoms with Crippen molar-refractivity contribution in [2.45, 2.75) is 58.0 Å². The molecule has 0 aromatic heterocycles. The molecule has 1 unspecified atom stereocenters. The molecule has 210 valence electrons. The molecule has 3 N–H and O–H groups in total. The molecule has 1 fully saturated rings. The summed E-state index contributed by atoms with van der Waals surface area (Å²) in [5.74, 6) is -1.60. The molecule has 4 amide bonds. The molecule has 0 radical (unpaired) electrons. The molecule has 3 atom stereocenters. The van der Waals surface area contributed by atoms with Gasteiger partial charge in [-0.2, -0.15) is 0 Å². The second-order valence-corrected chi connectivity index (χ2v) is 11.8. The highest BCUT2D eigenvalue weighted by atomic mass is 35.5. The van der Waals surface area contributed by atoms with E-state index in [0.29, 0.717) is 22.7 Å². The summed E-state index contributed by atoms with van der Waals surface area (Å²) < 4.78 is 14.5. The Labute approximate surface area is 239 Å². The third-order valence-electron chi connectivity index (χ3n) is 6.93. The van der Waals surface area contributed by atoms with Gasteiger partial charge in [-0.05, 0) is 65.6 Å². The van der Waals surface area contributed by atoms with Crippen LogP contribution >= 0.6 is 11.6 Å². The fourth-order valence-electron chi connectivity index (χ4n) is 5.24. The molecule has 1 aliphatic heterocycles. The van der Waals surface area contributed by atoms with E-state index >= 15 is 0 Å². The minimum atomic E-state index is -1.07. The number of nitrogens with one attached hydrogen (secondary N) is 1. The van der Waals surface area contributed by atoms with Crippen LogP contribution in [0.1, 0.15) is 63.1 Å². The van der Waals surface area contributed by atoms with Gasteiger partial charge in [0.05, 0.1) is 6.04 Å². The van der Waals surface area contributed by atoms with Gasteiger partial charge >= 0.3 is 6.03 Å². The van der Waals surface area contributed by atoms with E-state index in [0.717, 1.165) is 5.56 Å². The molecule has 3 aromatic carbocycles. The second-order valence-electron chi connectivity index (χ2n) is 11.3. The Morgan fingerprint density at radius 3 is 2.30 bits per heavy atom. The first-order chi connectivity index (χ1) is 18.9. The number of hydrazine groups is 1. The third kappa shape index (κ3) is 6.99. The summed E-state index contributed by atoms with van der Waals surface area (Å²) in [4.78, 5) is 41.8. The van der Waals surface area contributed by atoms with Gasteiger partial charge in [0.1, 0.15) is 11.9 Å². The van der Waals surface area contributed by atoms with Gasteiger partial charge in [-0.15, -0.1) is 0 Å². The normalized spacial score (nSPS) is 19.6. The Bertz CT molecular complexity index is 1380. The van der Waals surface area contributed by atoms with Crippen molar-refractivity contribution in [3.05, 3.63) is 101 Å². The molecule has 0 spiro atoms. The van der Waals surface area contributed by atoms with Crippen molar-refractivity contribution < 1.29 is 18.8 Å². The summed E-state index contributed by atoms with van der Waals surface area (Å²) in [7, 11) is 0. The van der Waals surface area contributed by atoms with E-state index in [9.17, 15) is 18.8 Å². The number of hydrogen-bond donors (Lipinski definition) is 2. The molecule has 40 heavy (non-hydrogen) atoms. The molecule has 0 saturated carbocycles.